The maximum atomic E-state index is 13.5. The van der Waals surface area contributed by atoms with Crippen LogP contribution in [0.5, 0.6) is 0 Å². The molecule has 3 atom stereocenters. The highest BCUT2D eigenvalue weighted by molar-refractivity contribution is 7.71. The Hall–Kier alpha value is -1.16. The Kier molecular flexibility index (Phi) is 3.21. The van der Waals surface area contributed by atoms with Crippen LogP contribution in [0.4, 0.5) is 4.39 Å². The van der Waals surface area contributed by atoms with Gasteiger partial charge in [0.1, 0.15) is 5.82 Å². The molecule has 1 N–H and O–H groups in total. The Labute approximate surface area is 117 Å². The number of aromatic nitrogens is 2. The molecule has 0 aliphatic heterocycles. The molecule has 1 aromatic carbocycles. The van der Waals surface area contributed by atoms with Gasteiger partial charge in [0.15, 0.2) is 4.77 Å². The number of benzene rings is 1. The van der Waals surface area contributed by atoms with Gasteiger partial charge in [-0.15, -0.1) is 0 Å². The zero-order valence-electron chi connectivity index (χ0n) is 11.3. The minimum atomic E-state index is -0.202. The molecule has 1 fully saturated rings. The van der Waals surface area contributed by atoms with Crippen LogP contribution in [0.15, 0.2) is 18.2 Å². The number of nitrogens with one attached hydrogen (secondary N) is 1. The van der Waals surface area contributed by atoms with Crippen LogP contribution in [0.3, 0.4) is 0 Å². The van der Waals surface area contributed by atoms with Gasteiger partial charge in [0.05, 0.1) is 11.0 Å². The highest BCUT2D eigenvalue weighted by atomic mass is 32.1. The third-order valence-electron chi connectivity index (χ3n) is 4.68. The summed E-state index contributed by atoms with van der Waals surface area (Å²) < 4.78 is 16.4. The average Bonchev–Trinajstić information content (AvgIpc) is 2.69. The van der Waals surface area contributed by atoms with Gasteiger partial charge in [-0.2, -0.15) is 0 Å². The summed E-state index contributed by atoms with van der Waals surface area (Å²) in [6, 6.07) is 5.22. The molecule has 1 saturated carbocycles. The fourth-order valence-corrected chi connectivity index (χ4v) is 3.69. The van der Waals surface area contributed by atoms with Crippen LogP contribution in [0.25, 0.3) is 11.0 Å². The Balaban J connectivity index is 2.16. The third-order valence-corrected chi connectivity index (χ3v) is 4.97. The van der Waals surface area contributed by atoms with Gasteiger partial charge in [0.2, 0.25) is 0 Å². The zero-order chi connectivity index (χ0) is 13.6. The van der Waals surface area contributed by atoms with Crippen LogP contribution >= 0.6 is 12.2 Å². The van der Waals surface area contributed by atoms with Crippen molar-refractivity contribution >= 4 is 23.3 Å². The van der Waals surface area contributed by atoms with Crippen LogP contribution < -0.4 is 0 Å². The van der Waals surface area contributed by atoms with E-state index in [4.69, 9.17) is 12.2 Å². The molecular formula is C15H19FN2S. The van der Waals surface area contributed by atoms with E-state index >= 15 is 0 Å². The Bertz CT molecular complexity index is 658. The van der Waals surface area contributed by atoms with E-state index in [2.05, 4.69) is 23.4 Å². The molecule has 102 valence electrons. The van der Waals surface area contributed by atoms with Crippen molar-refractivity contribution < 1.29 is 4.39 Å². The molecule has 0 radical (unpaired) electrons. The second-order valence-corrected chi connectivity index (χ2v) is 6.18. The molecule has 0 spiro atoms. The first-order valence-electron chi connectivity index (χ1n) is 6.97. The predicted octanol–water partition coefficient (Wildman–Crippen LogP) is 4.84. The lowest BCUT2D eigenvalue weighted by Crippen LogP contribution is -2.27. The van der Waals surface area contributed by atoms with Gasteiger partial charge in [-0.05, 0) is 48.7 Å². The Morgan fingerprint density at radius 1 is 1.32 bits per heavy atom. The number of imidazole rings is 1. The SMILES string of the molecule is CC1CCCC(n2c(=S)[nH]c3ccc(F)cc32)C1C. The van der Waals surface area contributed by atoms with Crippen molar-refractivity contribution in [1.29, 1.82) is 0 Å². The number of halogens is 1. The first-order valence-corrected chi connectivity index (χ1v) is 7.38. The molecule has 0 bridgehead atoms. The smallest absolute Gasteiger partial charge is 0.178 e. The van der Waals surface area contributed by atoms with E-state index in [1.165, 1.54) is 18.9 Å². The topological polar surface area (TPSA) is 20.7 Å². The highest BCUT2D eigenvalue weighted by Crippen LogP contribution is 2.39. The summed E-state index contributed by atoms with van der Waals surface area (Å²) in [6.07, 6.45) is 3.63. The van der Waals surface area contributed by atoms with Crippen LogP contribution in [-0.4, -0.2) is 9.55 Å². The molecule has 0 amide bonds. The molecule has 3 unspecified atom stereocenters. The van der Waals surface area contributed by atoms with Crippen LogP contribution in [0.2, 0.25) is 0 Å². The van der Waals surface area contributed by atoms with E-state index in [0.29, 0.717) is 22.6 Å². The van der Waals surface area contributed by atoms with E-state index in [1.54, 1.807) is 12.1 Å². The lowest BCUT2D eigenvalue weighted by Gasteiger charge is -2.35. The number of nitrogens with zero attached hydrogens (tertiary/aromatic N) is 1. The van der Waals surface area contributed by atoms with Crippen molar-refractivity contribution in [3.63, 3.8) is 0 Å². The molecule has 3 rings (SSSR count). The van der Waals surface area contributed by atoms with Crippen molar-refractivity contribution in [3.8, 4) is 0 Å². The molecule has 19 heavy (non-hydrogen) atoms. The first kappa shape index (κ1) is 12.9. The van der Waals surface area contributed by atoms with Crippen molar-refractivity contribution in [2.24, 2.45) is 11.8 Å². The summed E-state index contributed by atoms with van der Waals surface area (Å²) in [5.41, 5.74) is 1.83. The average molecular weight is 278 g/mol. The second-order valence-electron chi connectivity index (χ2n) is 5.80. The highest BCUT2D eigenvalue weighted by Gasteiger charge is 2.29. The van der Waals surface area contributed by atoms with Crippen molar-refractivity contribution in [1.82, 2.24) is 9.55 Å². The lowest BCUT2D eigenvalue weighted by molar-refractivity contribution is 0.188. The van der Waals surface area contributed by atoms with Gasteiger partial charge in [-0.3, -0.25) is 0 Å². The van der Waals surface area contributed by atoms with Crippen molar-refractivity contribution in [2.75, 3.05) is 0 Å². The minimum absolute atomic E-state index is 0.202. The van der Waals surface area contributed by atoms with Crippen LogP contribution in [0.1, 0.15) is 39.2 Å². The molecule has 2 aromatic rings. The van der Waals surface area contributed by atoms with E-state index in [1.807, 2.05) is 0 Å². The zero-order valence-corrected chi connectivity index (χ0v) is 12.1. The number of hydrogen-bond acceptors (Lipinski definition) is 1. The first-order chi connectivity index (χ1) is 9.08. The van der Waals surface area contributed by atoms with Crippen molar-refractivity contribution in [3.05, 3.63) is 28.8 Å². The number of H-pyrrole nitrogens is 1. The summed E-state index contributed by atoms with van der Waals surface area (Å²) in [5.74, 6) is 1.06. The molecule has 1 aliphatic carbocycles. The van der Waals surface area contributed by atoms with Crippen LogP contribution in [0, 0.1) is 22.4 Å². The predicted molar refractivity (Wildman–Crippen MR) is 78.3 cm³/mol. The Morgan fingerprint density at radius 2 is 2.11 bits per heavy atom. The van der Waals surface area contributed by atoms with Crippen LogP contribution in [-0.2, 0) is 0 Å². The van der Waals surface area contributed by atoms with Gasteiger partial charge in [0, 0.05) is 6.04 Å². The third kappa shape index (κ3) is 2.12. The maximum absolute atomic E-state index is 13.5. The standard InChI is InChI=1S/C15H19FN2S/c1-9-4-3-5-13(10(9)2)18-14-8-11(16)6-7-12(14)17-15(18)19/h6-10,13H,3-5H2,1-2H3,(H,17,19). The number of aromatic amines is 1. The fourth-order valence-electron chi connectivity index (χ4n) is 3.34. The quantitative estimate of drug-likeness (QED) is 0.741. The molecule has 1 aliphatic rings. The molecule has 0 saturated heterocycles. The number of fused-ring (bicyclic) bond motifs is 1. The second kappa shape index (κ2) is 4.75. The number of rotatable bonds is 1. The summed E-state index contributed by atoms with van der Waals surface area (Å²) in [6.45, 7) is 4.59. The molecule has 1 aromatic heterocycles. The monoisotopic (exact) mass is 278 g/mol. The molecule has 4 heteroatoms. The largest absolute Gasteiger partial charge is 0.331 e. The summed E-state index contributed by atoms with van der Waals surface area (Å²) in [5, 5.41) is 0. The van der Waals surface area contributed by atoms with Gasteiger partial charge in [0.25, 0.3) is 0 Å². The molecule has 1 heterocycles. The van der Waals surface area contributed by atoms with E-state index < -0.39 is 0 Å². The molecule has 2 nitrogen and oxygen atoms in total. The summed E-state index contributed by atoms with van der Waals surface area (Å²) in [4.78, 5) is 3.20. The normalized spacial score (nSPS) is 27.8. The minimum Gasteiger partial charge on any atom is -0.331 e. The maximum Gasteiger partial charge on any atom is 0.178 e. The lowest BCUT2D eigenvalue weighted by atomic mass is 9.78. The van der Waals surface area contributed by atoms with Crippen molar-refractivity contribution in [2.45, 2.75) is 39.2 Å². The van der Waals surface area contributed by atoms with E-state index in [9.17, 15) is 4.39 Å². The van der Waals surface area contributed by atoms with E-state index in [-0.39, 0.29) is 5.82 Å². The Morgan fingerprint density at radius 3 is 2.89 bits per heavy atom. The number of hydrogen-bond donors (Lipinski definition) is 1. The molecular weight excluding hydrogens is 259 g/mol. The van der Waals surface area contributed by atoms with Gasteiger partial charge in [-0.25, -0.2) is 4.39 Å². The van der Waals surface area contributed by atoms with E-state index in [0.717, 1.165) is 17.5 Å². The van der Waals surface area contributed by atoms with Gasteiger partial charge in [-0.1, -0.05) is 26.7 Å². The van der Waals surface area contributed by atoms with Gasteiger partial charge < -0.3 is 9.55 Å². The fraction of sp³-hybridized carbons (Fsp3) is 0.533. The summed E-state index contributed by atoms with van der Waals surface area (Å²) in [7, 11) is 0. The summed E-state index contributed by atoms with van der Waals surface area (Å²) >= 11 is 5.45. The van der Waals surface area contributed by atoms with Gasteiger partial charge >= 0.3 is 0 Å².